The van der Waals surface area contributed by atoms with E-state index in [1.165, 1.54) is 12.8 Å². The lowest BCUT2D eigenvalue weighted by Gasteiger charge is -2.31. The van der Waals surface area contributed by atoms with Crippen LogP contribution in [0.2, 0.25) is 0 Å². The average Bonchev–Trinajstić information content (AvgIpc) is 2.67. The van der Waals surface area contributed by atoms with Gasteiger partial charge in [0.15, 0.2) is 0 Å². The Hall–Kier alpha value is -0.640. The molecule has 4 nitrogen and oxygen atoms in total. The number of nitrogens with zero attached hydrogens (tertiary/aromatic N) is 2. The molecule has 13 heavy (non-hydrogen) atoms. The van der Waals surface area contributed by atoms with Gasteiger partial charge in [-0.3, -0.25) is 5.01 Å². The first-order chi connectivity index (χ1) is 6.42. The molecule has 2 rings (SSSR count). The molecule has 0 spiro atoms. The van der Waals surface area contributed by atoms with Crippen molar-refractivity contribution in [3.05, 3.63) is 4.91 Å². The van der Waals surface area contributed by atoms with Crippen LogP contribution in [0.3, 0.4) is 0 Å². The van der Waals surface area contributed by atoms with E-state index in [0.29, 0.717) is 12.0 Å². The molecule has 0 bridgehead atoms. The lowest BCUT2D eigenvalue weighted by atomic mass is 9.91. The molecule has 2 heterocycles. The molecule has 0 aliphatic carbocycles. The molecule has 0 radical (unpaired) electrons. The highest BCUT2D eigenvalue weighted by Crippen LogP contribution is 2.27. The zero-order valence-corrected chi connectivity index (χ0v) is 7.91. The van der Waals surface area contributed by atoms with Crippen molar-refractivity contribution in [1.82, 2.24) is 10.3 Å². The molecular weight excluding hydrogens is 166 g/mol. The molecule has 0 aromatic rings. The Bertz CT molecular complexity index is 180. The minimum Gasteiger partial charge on any atom is -0.316 e. The summed E-state index contributed by atoms with van der Waals surface area (Å²) in [6, 6.07) is 0.422. The summed E-state index contributed by atoms with van der Waals surface area (Å²) in [6.07, 6.45) is 4.78. The fourth-order valence-electron chi connectivity index (χ4n) is 2.56. The maximum absolute atomic E-state index is 10.5. The van der Waals surface area contributed by atoms with Crippen molar-refractivity contribution in [2.75, 3.05) is 19.6 Å². The van der Waals surface area contributed by atoms with Crippen molar-refractivity contribution >= 4 is 0 Å². The number of hydrogen-bond acceptors (Lipinski definition) is 3. The van der Waals surface area contributed by atoms with Gasteiger partial charge in [0, 0.05) is 6.54 Å². The summed E-state index contributed by atoms with van der Waals surface area (Å²) in [5.74, 6) is 0.647. The van der Waals surface area contributed by atoms with Gasteiger partial charge in [0.25, 0.3) is 0 Å². The summed E-state index contributed by atoms with van der Waals surface area (Å²) < 4.78 is 0. The molecule has 0 saturated carbocycles. The topological polar surface area (TPSA) is 44.7 Å². The molecule has 2 atom stereocenters. The molecule has 1 N–H and O–H groups in total. The Balaban J connectivity index is 1.93. The molecule has 74 valence electrons. The van der Waals surface area contributed by atoms with E-state index in [1.54, 1.807) is 5.01 Å². The van der Waals surface area contributed by atoms with E-state index in [4.69, 9.17) is 0 Å². The molecule has 2 fully saturated rings. The van der Waals surface area contributed by atoms with Crippen molar-refractivity contribution in [1.29, 1.82) is 0 Å². The van der Waals surface area contributed by atoms with Crippen molar-refractivity contribution in [3.8, 4) is 0 Å². The van der Waals surface area contributed by atoms with Crippen LogP contribution in [0.4, 0.5) is 0 Å². The summed E-state index contributed by atoms with van der Waals surface area (Å²) in [5.41, 5.74) is 0. The maximum Gasteiger partial charge on any atom is 0.0543 e. The predicted octanol–water partition coefficient (Wildman–Crippen LogP) is 1.13. The number of piperidine rings is 1. The summed E-state index contributed by atoms with van der Waals surface area (Å²) in [6.45, 7) is 3.07. The summed E-state index contributed by atoms with van der Waals surface area (Å²) in [4.78, 5) is 10.5. The van der Waals surface area contributed by atoms with Crippen molar-refractivity contribution in [2.24, 2.45) is 11.2 Å². The quantitative estimate of drug-likeness (QED) is 0.653. The smallest absolute Gasteiger partial charge is 0.0543 e. The van der Waals surface area contributed by atoms with Gasteiger partial charge in [0.05, 0.1) is 11.3 Å². The molecule has 0 amide bonds. The van der Waals surface area contributed by atoms with E-state index in [2.05, 4.69) is 10.6 Å². The van der Waals surface area contributed by atoms with E-state index < -0.39 is 0 Å². The molecule has 2 aliphatic heterocycles. The minimum atomic E-state index is 0.422. The third-order valence-electron chi connectivity index (χ3n) is 3.25. The Morgan fingerprint density at radius 3 is 2.92 bits per heavy atom. The Morgan fingerprint density at radius 1 is 1.31 bits per heavy atom. The first kappa shape index (κ1) is 8.94. The molecule has 0 aromatic heterocycles. The molecule has 0 aromatic carbocycles. The zero-order valence-electron chi connectivity index (χ0n) is 7.91. The van der Waals surface area contributed by atoms with Gasteiger partial charge < -0.3 is 5.32 Å². The number of nitrogens with one attached hydrogen (secondary N) is 1. The van der Waals surface area contributed by atoms with E-state index in [9.17, 15) is 4.91 Å². The van der Waals surface area contributed by atoms with Crippen LogP contribution in [0, 0.1) is 10.8 Å². The average molecular weight is 183 g/mol. The van der Waals surface area contributed by atoms with E-state index in [-0.39, 0.29) is 0 Å². The lowest BCUT2D eigenvalue weighted by Crippen LogP contribution is -2.41. The third kappa shape index (κ3) is 1.82. The highest BCUT2D eigenvalue weighted by atomic mass is 16.3. The highest BCUT2D eigenvalue weighted by Gasteiger charge is 2.32. The number of rotatable bonds is 2. The second-order valence-corrected chi connectivity index (χ2v) is 4.06. The Labute approximate surface area is 78.6 Å². The number of hydrogen-bond donors (Lipinski definition) is 1. The molecule has 4 heteroatoms. The normalized spacial score (nSPS) is 34.9. The fraction of sp³-hybridized carbons (Fsp3) is 1.00. The first-order valence-electron chi connectivity index (χ1n) is 5.22. The Morgan fingerprint density at radius 2 is 2.23 bits per heavy atom. The minimum absolute atomic E-state index is 0.422. The first-order valence-corrected chi connectivity index (χ1v) is 5.22. The molecular formula is C9H17N3O. The van der Waals surface area contributed by atoms with Gasteiger partial charge in [0.1, 0.15) is 0 Å². The summed E-state index contributed by atoms with van der Waals surface area (Å²) in [7, 11) is 0. The van der Waals surface area contributed by atoms with Crippen LogP contribution in [0.15, 0.2) is 5.29 Å². The standard InChI is InChI=1S/C9H17N3O/c13-11-12-6-2-4-9(12)8-3-1-5-10-7-8/h8-10H,1-7H2. The number of nitroso groups, excluding NO2 is 1. The van der Waals surface area contributed by atoms with Crippen molar-refractivity contribution < 1.29 is 0 Å². The van der Waals surface area contributed by atoms with Crippen LogP contribution in [-0.2, 0) is 0 Å². The second-order valence-electron chi connectivity index (χ2n) is 4.06. The summed E-state index contributed by atoms with van der Waals surface area (Å²) >= 11 is 0. The fourth-order valence-corrected chi connectivity index (χ4v) is 2.56. The van der Waals surface area contributed by atoms with Crippen LogP contribution < -0.4 is 5.32 Å². The van der Waals surface area contributed by atoms with Gasteiger partial charge in [0.2, 0.25) is 0 Å². The largest absolute Gasteiger partial charge is 0.316 e. The van der Waals surface area contributed by atoms with Crippen LogP contribution in [0.25, 0.3) is 0 Å². The van der Waals surface area contributed by atoms with E-state index in [1.807, 2.05) is 0 Å². The van der Waals surface area contributed by atoms with Crippen molar-refractivity contribution in [3.63, 3.8) is 0 Å². The van der Waals surface area contributed by atoms with Crippen LogP contribution in [-0.4, -0.2) is 30.7 Å². The van der Waals surface area contributed by atoms with E-state index in [0.717, 1.165) is 32.5 Å². The van der Waals surface area contributed by atoms with Gasteiger partial charge in [-0.25, -0.2) is 0 Å². The lowest BCUT2D eigenvalue weighted by molar-refractivity contribution is 0.169. The maximum atomic E-state index is 10.5. The van der Waals surface area contributed by atoms with Gasteiger partial charge >= 0.3 is 0 Å². The van der Waals surface area contributed by atoms with Gasteiger partial charge in [-0.2, -0.15) is 0 Å². The molecule has 2 unspecified atom stereocenters. The van der Waals surface area contributed by atoms with Crippen LogP contribution in [0.1, 0.15) is 25.7 Å². The zero-order chi connectivity index (χ0) is 9.10. The van der Waals surface area contributed by atoms with E-state index >= 15 is 0 Å². The van der Waals surface area contributed by atoms with Crippen LogP contribution >= 0.6 is 0 Å². The molecule has 2 saturated heterocycles. The third-order valence-corrected chi connectivity index (χ3v) is 3.25. The second kappa shape index (κ2) is 4.05. The Kier molecular flexibility index (Phi) is 2.78. The van der Waals surface area contributed by atoms with Gasteiger partial charge in [-0.05, 0) is 44.7 Å². The molecule has 2 aliphatic rings. The van der Waals surface area contributed by atoms with Crippen molar-refractivity contribution in [2.45, 2.75) is 31.7 Å². The van der Waals surface area contributed by atoms with Gasteiger partial charge in [-0.15, -0.1) is 4.91 Å². The monoisotopic (exact) mass is 183 g/mol. The predicted molar refractivity (Wildman–Crippen MR) is 51.1 cm³/mol. The van der Waals surface area contributed by atoms with Crippen LogP contribution in [0.5, 0.6) is 0 Å². The SMILES string of the molecule is O=NN1CCCC1C1CCCNC1. The summed E-state index contributed by atoms with van der Waals surface area (Å²) in [5, 5.41) is 8.23. The van der Waals surface area contributed by atoms with Gasteiger partial charge in [-0.1, -0.05) is 0 Å². The highest BCUT2D eigenvalue weighted by molar-refractivity contribution is 4.86.